The largest absolute Gasteiger partial charge is 0.515 e. The molecule has 0 saturated heterocycles. The summed E-state index contributed by atoms with van der Waals surface area (Å²) in [6, 6.07) is 0. The SMILES string of the molecule is CCC(=N)C(=CO)C(C)=O. The minimum Gasteiger partial charge on any atom is -0.515 e. The molecule has 56 valence electrons. The smallest absolute Gasteiger partial charge is 0.164 e. The van der Waals surface area contributed by atoms with Crippen LogP contribution in [0.4, 0.5) is 0 Å². The summed E-state index contributed by atoms with van der Waals surface area (Å²) in [6.45, 7) is 3.08. The highest BCUT2D eigenvalue weighted by molar-refractivity contribution is 6.20. The summed E-state index contributed by atoms with van der Waals surface area (Å²) in [5.74, 6) is -0.269. The molecule has 0 aliphatic rings. The summed E-state index contributed by atoms with van der Waals surface area (Å²) in [5.41, 5.74) is 0.275. The number of nitrogens with one attached hydrogen (secondary N) is 1. The van der Waals surface area contributed by atoms with Crippen molar-refractivity contribution in [3.05, 3.63) is 11.8 Å². The average molecular weight is 141 g/mol. The van der Waals surface area contributed by atoms with Crippen LogP contribution in [0.1, 0.15) is 20.3 Å². The molecular formula is C7H11NO2. The van der Waals surface area contributed by atoms with Gasteiger partial charge in [-0.05, 0) is 13.3 Å². The van der Waals surface area contributed by atoms with Gasteiger partial charge in [0, 0.05) is 5.71 Å². The standard InChI is InChI=1S/C7H11NO2/c1-3-7(8)6(4-9)5(2)10/h4,8-9H,3H2,1-2H3. The van der Waals surface area contributed by atoms with Crippen LogP contribution in [-0.2, 0) is 4.79 Å². The molecule has 0 atom stereocenters. The summed E-state index contributed by atoms with van der Waals surface area (Å²) >= 11 is 0. The van der Waals surface area contributed by atoms with Crippen molar-refractivity contribution in [3.8, 4) is 0 Å². The Kier molecular flexibility index (Phi) is 3.39. The van der Waals surface area contributed by atoms with E-state index in [1.807, 2.05) is 0 Å². The van der Waals surface area contributed by atoms with Crippen LogP contribution in [0.5, 0.6) is 0 Å². The van der Waals surface area contributed by atoms with Crippen molar-refractivity contribution >= 4 is 11.5 Å². The van der Waals surface area contributed by atoms with Crippen molar-refractivity contribution in [1.82, 2.24) is 0 Å². The van der Waals surface area contributed by atoms with Crippen molar-refractivity contribution in [2.45, 2.75) is 20.3 Å². The Labute approximate surface area is 59.9 Å². The van der Waals surface area contributed by atoms with Gasteiger partial charge in [-0.1, -0.05) is 6.92 Å². The maximum atomic E-state index is 10.6. The molecule has 10 heavy (non-hydrogen) atoms. The lowest BCUT2D eigenvalue weighted by atomic mass is 10.1. The van der Waals surface area contributed by atoms with Gasteiger partial charge in [0.1, 0.15) is 0 Å². The van der Waals surface area contributed by atoms with E-state index < -0.39 is 0 Å². The number of hydrogen-bond acceptors (Lipinski definition) is 3. The van der Waals surface area contributed by atoms with Gasteiger partial charge in [-0.15, -0.1) is 0 Å². The van der Waals surface area contributed by atoms with Crippen LogP contribution >= 0.6 is 0 Å². The predicted octanol–water partition coefficient (Wildman–Crippen LogP) is 1.45. The lowest BCUT2D eigenvalue weighted by Gasteiger charge is -1.98. The molecule has 0 bridgehead atoms. The van der Waals surface area contributed by atoms with Crippen molar-refractivity contribution in [3.63, 3.8) is 0 Å². The minimum absolute atomic E-state index is 0.0995. The second-order valence-electron chi connectivity index (χ2n) is 1.93. The van der Waals surface area contributed by atoms with Crippen molar-refractivity contribution in [2.75, 3.05) is 0 Å². The fourth-order valence-electron chi connectivity index (χ4n) is 0.572. The molecule has 0 aliphatic heterocycles. The van der Waals surface area contributed by atoms with Gasteiger partial charge in [-0.3, -0.25) is 4.79 Å². The molecule has 0 spiro atoms. The van der Waals surface area contributed by atoms with E-state index in [-0.39, 0.29) is 17.1 Å². The molecule has 0 aromatic heterocycles. The number of carbonyl (C=O) groups is 1. The number of rotatable bonds is 3. The summed E-state index contributed by atoms with van der Waals surface area (Å²) in [6.07, 6.45) is 1.15. The normalized spacial score (nSPS) is 11.2. The van der Waals surface area contributed by atoms with E-state index in [4.69, 9.17) is 10.5 Å². The molecular weight excluding hydrogens is 130 g/mol. The summed E-state index contributed by atoms with van der Waals surface area (Å²) < 4.78 is 0. The zero-order chi connectivity index (χ0) is 8.15. The van der Waals surface area contributed by atoms with Gasteiger partial charge in [-0.25, -0.2) is 0 Å². The van der Waals surface area contributed by atoms with Gasteiger partial charge in [0.25, 0.3) is 0 Å². The monoisotopic (exact) mass is 141 g/mol. The van der Waals surface area contributed by atoms with Crippen LogP contribution in [0.15, 0.2) is 11.8 Å². The number of carbonyl (C=O) groups excluding carboxylic acids is 1. The highest BCUT2D eigenvalue weighted by Gasteiger charge is 2.07. The Hall–Kier alpha value is -1.12. The third kappa shape index (κ3) is 2.01. The molecule has 0 aromatic rings. The maximum absolute atomic E-state index is 10.6. The van der Waals surface area contributed by atoms with E-state index in [9.17, 15) is 4.79 Å². The van der Waals surface area contributed by atoms with E-state index in [1.54, 1.807) is 6.92 Å². The van der Waals surface area contributed by atoms with Gasteiger partial charge >= 0.3 is 0 Å². The first-order valence-corrected chi connectivity index (χ1v) is 3.06. The number of aliphatic hydroxyl groups excluding tert-OH is 1. The molecule has 0 heterocycles. The van der Waals surface area contributed by atoms with E-state index in [1.165, 1.54) is 6.92 Å². The zero-order valence-electron chi connectivity index (χ0n) is 6.14. The first kappa shape index (κ1) is 8.88. The Morgan fingerprint density at radius 3 is 2.30 bits per heavy atom. The van der Waals surface area contributed by atoms with E-state index >= 15 is 0 Å². The lowest BCUT2D eigenvalue weighted by molar-refractivity contribution is -0.113. The zero-order valence-corrected chi connectivity index (χ0v) is 6.14. The van der Waals surface area contributed by atoms with Crippen LogP contribution in [0.3, 0.4) is 0 Å². The lowest BCUT2D eigenvalue weighted by Crippen LogP contribution is -2.07. The quantitative estimate of drug-likeness (QED) is 0.355. The van der Waals surface area contributed by atoms with Gasteiger partial charge in [-0.2, -0.15) is 0 Å². The van der Waals surface area contributed by atoms with Gasteiger partial charge in [0.2, 0.25) is 0 Å². The molecule has 0 radical (unpaired) electrons. The number of allylic oxidation sites excluding steroid dienone is 1. The number of aliphatic hydroxyl groups is 1. The Morgan fingerprint density at radius 2 is 2.20 bits per heavy atom. The van der Waals surface area contributed by atoms with E-state index in [0.717, 1.165) is 0 Å². The first-order chi connectivity index (χ1) is 4.63. The van der Waals surface area contributed by atoms with Gasteiger partial charge < -0.3 is 10.5 Å². The summed E-state index contributed by atoms with van der Waals surface area (Å²) in [5, 5.41) is 15.7. The highest BCUT2D eigenvalue weighted by Crippen LogP contribution is 1.99. The van der Waals surface area contributed by atoms with Crippen LogP contribution in [0.2, 0.25) is 0 Å². The number of ketones is 1. The molecule has 0 aromatic carbocycles. The Morgan fingerprint density at radius 1 is 1.70 bits per heavy atom. The van der Waals surface area contributed by atoms with Crippen LogP contribution in [0.25, 0.3) is 0 Å². The van der Waals surface area contributed by atoms with Crippen molar-refractivity contribution in [1.29, 1.82) is 5.41 Å². The molecule has 0 fully saturated rings. The fraction of sp³-hybridized carbons (Fsp3) is 0.429. The Balaban J connectivity index is 4.39. The highest BCUT2D eigenvalue weighted by atomic mass is 16.2. The third-order valence-corrected chi connectivity index (χ3v) is 1.19. The average Bonchev–Trinajstić information content (AvgIpc) is 1.88. The molecule has 0 aliphatic carbocycles. The number of Topliss-reactive ketones (excluding diaryl/α,β-unsaturated/α-hetero) is 1. The third-order valence-electron chi connectivity index (χ3n) is 1.19. The van der Waals surface area contributed by atoms with Crippen molar-refractivity contribution in [2.24, 2.45) is 0 Å². The van der Waals surface area contributed by atoms with Gasteiger partial charge in [0.05, 0.1) is 11.8 Å². The molecule has 0 unspecified atom stereocenters. The molecule has 0 amide bonds. The molecule has 0 saturated carbocycles. The van der Waals surface area contributed by atoms with E-state index in [2.05, 4.69) is 0 Å². The second kappa shape index (κ2) is 3.82. The molecule has 3 heteroatoms. The maximum Gasteiger partial charge on any atom is 0.164 e. The van der Waals surface area contributed by atoms with Crippen LogP contribution in [-0.4, -0.2) is 16.6 Å². The fourth-order valence-corrected chi connectivity index (χ4v) is 0.572. The van der Waals surface area contributed by atoms with E-state index in [0.29, 0.717) is 12.7 Å². The van der Waals surface area contributed by atoms with Gasteiger partial charge in [0.15, 0.2) is 5.78 Å². The number of hydrogen-bond donors (Lipinski definition) is 2. The second-order valence-corrected chi connectivity index (χ2v) is 1.93. The summed E-state index contributed by atoms with van der Waals surface area (Å²) in [4.78, 5) is 10.6. The van der Waals surface area contributed by atoms with Crippen molar-refractivity contribution < 1.29 is 9.90 Å². The Bertz CT molecular complexity index is 182. The van der Waals surface area contributed by atoms with Crippen LogP contribution in [0, 0.1) is 5.41 Å². The molecule has 2 N–H and O–H groups in total. The minimum atomic E-state index is -0.269. The first-order valence-electron chi connectivity index (χ1n) is 3.06. The molecule has 3 nitrogen and oxygen atoms in total. The van der Waals surface area contributed by atoms with Crippen LogP contribution < -0.4 is 0 Å². The molecule has 0 rings (SSSR count). The predicted molar refractivity (Wildman–Crippen MR) is 39.4 cm³/mol. The topological polar surface area (TPSA) is 61.1 Å². The summed E-state index contributed by atoms with van der Waals surface area (Å²) in [7, 11) is 0.